The van der Waals surface area contributed by atoms with Crippen LogP contribution in [0.5, 0.6) is 5.75 Å². The molecule has 0 saturated heterocycles. The first-order chi connectivity index (χ1) is 17.1. The van der Waals surface area contributed by atoms with Gasteiger partial charge in [-0.2, -0.15) is 0 Å². The topological polar surface area (TPSA) is 122 Å². The van der Waals surface area contributed by atoms with E-state index in [1.165, 1.54) is 23.9 Å². The number of benzene rings is 3. The van der Waals surface area contributed by atoms with Crippen molar-refractivity contribution in [2.24, 2.45) is 0 Å². The molecule has 174 valence electrons. The van der Waals surface area contributed by atoms with Crippen molar-refractivity contribution in [2.45, 2.75) is 10.9 Å². The van der Waals surface area contributed by atoms with Crippen molar-refractivity contribution >= 4 is 17.4 Å². The molecule has 5 aromatic rings. The van der Waals surface area contributed by atoms with Gasteiger partial charge in [0.05, 0.1) is 17.8 Å². The predicted molar refractivity (Wildman–Crippen MR) is 129 cm³/mol. The van der Waals surface area contributed by atoms with Gasteiger partial charge in [0.1, 0.15) is 5.75 Å². The van der Waals surface area contributed by atoms with Gasteiger partial charge in [-0.1, -0.05) is 42.1 Å². The van der Waals surface area contributed by atoms with E-state index in [4.69, 9.17) is 9.15 Å². The summed E-state index contributed by atoms with van der Waals surface area (Å²) in [4.78, 5) is 10.4. The van der Waals surface area contributed by atoms with Gasteiger partial charge in [-0.15, -0.1) is 20.4 Å². The minimum absolute atomic E-state index is 0.00358. The molecule has 3 aromatic carbocycles. The molecule has 0 radical (unpaired) electrons. The fourth-order valence-corrected chi connectivity index (χ4v) is 4.19. The molecule has 0 spiro atoms. The Bertz CT molecular complexity index is 1470. The van der Waals surface area contributed by atoms with Crippen molar-refractivity contribution in [1.29, 1.82) is 0 Å². The van der Waals surface area contributed by atoms with Crippen molar-refractivity contribution in [3.8, 4) is 34.3 Å². The fraction of sp³-hybridized carbons (Fsp3) is 0.0833. The second-order valence-electron chi connectivity index (χ2n) is 7.30. The Morgan fingerprint density at radius 2 is 1.74 bits per heavy atom. The van der Waals surface area contributed by atoms with Crippen LogP contribution in [0.15, 0.2) is 88.4 Å². The molecule has 35 heavy (non-hydrogen) atoms. The number of nitrogens with zero attached hydrogens (tertiary/aromatic N) is 6. The van der Waals surface area contributed by atoms with Crippen LogP contribution in [0, 0.1) is 10.1 Å². The summed E-state index contributed by atoms with van der Waals surface area (Å²) in [6, 6.07) is 23.4. The van der Waals surface area contributed by atoms with Gasteiger partial charge in [0, 0.05) is 28.9 Å². The van der Waals surface area contributed by atoms with Gasteiger partial charge in [0.2, 0.25) is 11.8 Å². The molecule has 0 aliphatic heterocycles. The van der Waals surface area contributed by atoms with Gasteiger partial charge in [-0.25, -0.2) is 0 Å². The van der Waals surface area contributed by atoms with E-state index in [2.05, 4.69) is 20.4 Å². The first kappa shape index (κ1) is 22.3. The Labute approximate surface area is 203 Å². The van der Waals surface area contributed by atoms with E-state index >= 15 is 0 Å². The number of hydrogen-bond acceptors (Lipinski definition) is 9. The maximum absolute atomic E-state index is 10.9. The number of non-ortho nitro benzene ring substituents is 1. The van der Waals surface area contributed by atoms with E-state index in [0.717, 1.165) is 17.0 Å². The second-order valence-corrected chi connectivity index (χ2v) is 8.25. The SMILES string of the molecule is COc1cccc(-c2nnc(SCc3nnc(-c4ccc([N+](=O)[O-])cc4)o3)n2-c2ccccc2)c1. The molecule has 0 unspecified atom stereocenters. The first-order valence-electron chi connectivity index (χ1n) is 10.5. The van der Waals surface area contributed by atoms with Crippen LogP contribution >= 0.6 is 11.8 Å². The number of rotatable bonds is 8. The summed E-state index contributed by atoms with van der Waals surface area (Å²) >= 11 is 1.41. The van der Waals surface area contributed by atoms with Crippen LogP contribution in [-0.4, -0.2) is 37.0 Å². The summed E-state index contributed by atoms with van der Waals surface area (Å²) in [5.41, 5.74) is 2.38. The highest BCUT2D eigenvalue weighted by Crippen LogP contribution is 2.31. The molecule has 10 nitrogen and oxygen atoms in total. The maximum Gasteiger partial charge on any atom is 0.269 e. The zero-order chi connectivity index (χ0) is 24.2. The molecule has 0 fully saturated rings. The predicted octanol–water partition coefficient (Wildman–Crippen LogP) is 5.19. The lowest BCUT2D eigenvalue weighted by Crippen LogP contribution is -2.00. The van der Waals surface area contributed by atoms with E-state index in [1.807, 2.05) is 59.2 Å². The van der Waals surface area contributed by atoms with Crippen LogP contribution in [-0.2, 0) is 5.75 Å². The highest BCUT2D eigenvalue weighted by molar-refractivity contribution is 7.98. The normalized spacial score (nSPS) is 10.9. The average molecular weight is 487 g/mol. The quantitative estimate of drug-likeness (QED) is 0.165. The molecule has 2 aromatic heterocycles. The van der Waals surface area contributed by atoms with Crippen molar-refractivity contribution < 1.29 is 14.1 Å². The number of nitro groups is 1. The number of thioether (sulfide) groups is 1. The Morgan fingerprint density at radius 1 is 0.943 bits per heavy atom. The summed E-state index contributed by atoms with van der Waals surface area (Å²) in [6.45, 7) is 0. The standard InChI is InChI=1S/C24H18N6O4S/c1-33-20-9-5-6-17(14-20)22-26-28-24(29(22)18-7-3-2-4-8-18)35-15-21-25-27-23(34-21)16-10-12-19(13-11-16)30(31)32/h2-14H,15H2,1H3. The van der Waals surface area contributed by atoms with Gasteiger partial charge in [0.15, 0.2) is 11.0 Å². The Hall–Kier alpha value is -4.51. The van der Waals surface area contributed by atoms with Crippen LogP contribution in [0.1, 0.15) is 5.89 Å². The summed E-state index contributed by atoms with van der Waals surface area (Å²) in [6.07, 6.45) is 0. The number of para-hydroxylation sites is 1. The minimum Gasteiger partial charge on any atom is -0.497 e. The zero-order valence-corrected chi connectivity index (χ0v) is 19.3. The molecule has 0 aliphatic carbocycles. The summed E-state index contributed by atoms with van der Waals surface area (Å²) in [7, 11) is 1.62. The van der Waals surface area contributed by atoms with Crippen molar-refractivity contribution in [3.05, 3.63) is 94.9 Å². The molecule has 0 N–H and O–H groups in total. The molecule has 0 atom stereocenters. The van der Waals surface area contributed by atoms with Gasteiger partial charge < -0.3 is 9.15 Å². The van der Waals surface area contributed by atoms with E-state index in [0.29, 0.717) is 28.2 Å². The maximum atomic E-state index is 10.9. The Kier molecular flexibility index (Phi) is 6.22. The minimum atomic E-state index is -0.456. The Morgan fingerprint density at radius 3 is 2.49 bits per heavy atom. The fourth-order valence-electron chi connectivity index (χ4n) is 3.40. The van der Waals surface area contributed by atoms with Gasteiger partial charge in [-0.05, 0) is 36.4 Å². The highest BCUT2D eigenvalue weighted by Gasteiger charge is 2.18. The third-order valence-electron chi connectivity index (χ3n) is 5.09. The van der Waals surface area contributed by atoms with Gasteiger partial charge in [0.25, 0.3) is 5.69 Å². The van der Waals surface area contributed by atoms with Crippen LogP contribution in [0.25, 0.3) is 28.5 Å². The summed E-state index contributed by atoms with van der Waals surface area (Å²) < 4.78 is 13.1. The smallest absolute Gasteiger partial charge is 0.269 e. The third kappa shape index (κ3) is 4.75. The number of nitro benzene ring substituents is 1. The number of aromatic nitrogens is 5. The highest BCUT2D eigenvalue weighted by atomic mass is 32.2. The largest absolute Gasteiger partial charge is 0.497 e. The van der Waals surface area contributed by atoms with Crippen LogP contribution in [0.2, 0.25) is 0 Å². The van der Waals surface area contributed by atoms with Gasteiger partial charge in [-0.3, -0.25) is 14.7 Å². The molecule has 0 bridgehead atoms. The molecule has 0 saturated carbocycles. The van der Waals surface area contributed by atoms with Crippen LogP contribution in [0.4, 0.5) is 5.69 Å². The van der Waals surface area contributed by atoms with E-state index in [9.17, 15) is 10.1 Å². The molecular weight excluding hydrogens is 468 g/mol. The van der Waals surface area contributed by atoms with Crippen LogP contribution in [0.3, 0.4) is 0 Å². The second kappa shape index (κ2) is 9.77. The molecular formula is C24H18N6O4S. The molecule has 0 amide bonds. The first-order valence-corrected chi connectivity index (χ1v) is 11.5. The Balaban J connectivity index is 1.41. The van der Waals surface area contributed by atoms with Crippen molar-refractivity contribution in [3.63, 3.8) is 0 Å². The number of methoxy groups -OCH3 is 1. The molecule has 5 rings (SSSR count). The van der Waals surface area contributed by atoms with Gasteiger partial charge >= 0.3 is 0 Å². The summed E-state index contributed by atoms with van der Waals surface area (Å²) in [5.74, 6) is 2.45. The molecule has 0 aliphatic rings. The third-order valence-corrected chi connectivity index (χ3v) is 6.01. The van der Waals surface area contributed by atoms with Crippen molar-refractivity contribution in [1.82, 2.24) is 25.0 Å². The average Bonchev–Trinajstić information content (AvgIpc) is 3.55. The van der Waals surface area contributed by atoms with E-state index in [-0.39, 0.29) is 11.6 Å². The zero-order valence-electron chi connectivity index (χ0n) is 18.4. The number of ether oxygens (including phenoxy) is 1. The number of hydrogen-bond donors (Lipinski definition) is 0. The lowest BCUT2D eigenvalue weighted by atomic mass is 10.2. The monoisotopic (exact) mass is 486 g/mol. The van der Waals surface area contributed by atoms with E-state index < -0.39 is 4.92 Å². The molecule has 11 heteroatoms. The van der Waals surface area contributed by atoms with Crippen molar-refractivity contribution in [2.75, 3.05) is 7.11 Å². The summed E-state index contributed by atoms with van der Waals surface area (Å²) in [5, 5.41) is 28.5. The van der Waals surface area contributed by atoms with E-state index in [1.54, 1.807) is 19.2 Å². The molecule has 2 heterocycles. The lowest BCUT2D eigenvalue weighted by molar-refractivity contribution is -0.384. The lowest BCUT2D eigenvalue weighted by Gasteiger charge is -2.10. The van der Waals surface area contributed by atoms with Crippen LogP contribution < -0.4 is 4.74 Å².